The average molecular weight is 541 g/mol. The van der Waals surface area contributed by atoms with Gasteiger partial charge in [0.25, 0.3) is 0 Å². The minimum Gasteiger partial charge on any atom is -0.494 e. The number of hydrogen-bond donors (Lipinski definition) is 1. The second kappa shape index (κ2) is 12.2. The third kappa shape index (κ3) is 6.95. The summed E-state index contributed by atoms with van der Waals surface area (Å²) in [6, 6.07) is 22.5. The van der Waals surface area contributed by atoms with Crippen molar-refractivity contribution in [3.63, 3.8) is 0 Å². The van der Waals surface area contributed by atoms with Crippen LogP contribution in [0.5, 0.6) is 23.0 Å². The second-order valence-corrected chi connectivity index (χ2v) is 11.3. The molecule has 4 rings (SSSR count). The molecule has 0 spiro atoms. The Morgan fingerprint density at radius 3 is 2.40 bits per heavy atom. The van der Waals surface area contributed by atoms with Gasteiger partial charge in [0, 0.05) is 11.6 Å². The van der Waals surface area contributed by atoms with Crippen LogP contribution in [-0.4, -0.2) is 19.2 Å². The highest BCUT2D eigenvalue weighted by atomic mass is 16.6. The van der Waals surface area contributed by atoms with Crippen molar-refractivity contribution >= 4 is 5.97 Å². The topological polar surface area (TPSA) is 104 Å². The molecule has 0 bridgehead atoms. The molecule has 0 fully saturated rings. The molecule has 208 valence electrons. The van der Waals surface area contributed by atoms with Gasteiger partial charge < -0.3 is 24.7 Å². The van der Waals surface area contributed by atoms with E-state index in [4.69, 9.17) is 24.7 Å². The summed E-state index contributed by atoms with van der Waals surface area (Å²) in [7, 11) is 0. The SMILES string of the molecule is CC(C)CCOc1cccc(C2C(C#N)=C(N)Oc3cc(OC(=O)COc4ccc(C(C)(C)C)cc4)ccc32)c1. The minimum atomic E-state index is -0.556. The molecular formula is C33H36N2O5. The Bertz CT molecular complexity index is 1430. The molecular weight excluding hydrogens is 504 g/mol. The van der Waals surface area contributed by atoms with E-state index in [1.165, 1.54) is 5.56 Å². The summed E-state index contributed by atoms with van der Waals surface area (Å²) in [6.07, 6.45) is 0.941. The minimum absolute atomic E-state index is 0.0108. The van der Waals surface area contributed by atoms with E-state index in [-0.39, 0.29) is 23.7 Å². The maximum Gasteiger partial charge on any atom is 0.349 e. The second-order valence-electron chi connectivity index (χ2n) is 11.3. The Morgan fingerprint density at radius 2 is 1.73 bits per heavy atom. The molecule has 1 atom stereocenters. The van der Waals surface area contributed by atoms with Crippen LogP contribution in [0.2, 0.25) is 0 Å². The zero-order valence-electron chi connectivity index (χ0n) is 23.7. The van der Waals surface area contributed by atoms with Crippen LogP contribution < -0.4 is 24.7 Å². The lowest BCUT2D eigenvalue weighted by molar-refractivity contribution is -0.136. The lowest BCUT2D eigenvalue weighted by Crippen LogP contribution is -2.22. The maximum atomic E-state index is 12.5. The number of nitrogens with zero attached hydrogens (tertiary/aromatic N) is 1. The van der Waals surface area contributed by atoms with Gasteiger partial charge in [0.05, 0.1) is 12.5 Å². The monoisotopic (exact) mass is 540 g/mol. The number of hydrogen-bond acceptors (Lipinski definition) is 7. The molecule has 7 heteroatoms. The van der Waals surface area contributed by atoms with Gasteiger partial charge in [0.2, 0.25) is 5.88 Å². The normalized spacial score (nSPS) is 14.7. The molecule has 2 N–H and O–H groups in total. The van der Waals surface area contributed by atoms with E-state index in [9.17, 15) is 10.1 Å². The standard InChI is InChI=1S/C33H36N2O5/c1-21(2)15-16-37-25-8-6-7-22(17-25)31-27-14-13-26(18-29(27)40-32(35)28(31)19-34)39-30(36)20-38-24-11-9-23(10-12-24)33(3,4)5/h6-14,17-18,21,31H,15-16,20,35H2,1-5H3. The summed E-state index contributed by atoms with van der Waals surface area (Å²) < 4.78 is 22.8. The number of rotatable bonds is 9. The number of ether oxygens (including phenoxy) is 4. The fourth-order valence-electron chi connectivity index (χ4n) is 4.39. The highest BCUT2D eigenvalue weighted by Gasteiger charge is 2.31. The van der Waals surface area contributed by atoms with E-state index in [1.54, 1.807) is 18.2 Å². The van der Waals surface area contributed by atoms with Crippen LogP contribution in [0.1, 0.15) is 63.6 Å². The van der Waals surface area contributed by atoms with Crippen LogP contribution in [-0.2, 0) is 10.2 Å². The number of carbonyl (C=O) groups is 1. The number of esters is 1. The molecule has 3 aromatic rings. The molecule has 1 unspecified atom stereocenters. The molecule has 7 nitrogen and oxygen atoms in total. The maximum absolute atomic E-state index is 12.5. The first kappa shape index (κ1) is 28.6. The van der Waals surface area contributed by atoms with Gasteiger partial charge in [-0.1, -0.05) is 65.0 Å². The lowest BCUT2D eigenvalue weighted by Gasteiger charge is -2.27. The van der Waals surface area contributed by atoms with Crippen LogP contribution in [0.25, 0.3) is 0 Å². The summed E-state index contributed by atoms with van der Waals surface area (Å²) in [6.45, 7) is 11.1. The molecule has 0 aliphatic carbocycles. The fourth-order valence-corrected chi connectivity index (χ4v) is 4.39. The first-order valence-corrected chi connectivity index (χ1v) is 13.4. The molecule has 0 amide bonds. The molecule has 0 radical (unpaired) electrons. The summed E-state index contributed by atoms with van der Waals surface area (Å²) in [5, 5.41) is 9.89. The smallest absolute Gasteiger partial charge is 0.349 e. The summed E-state index contributed by atoms with van der Waals surface area (Å²) in [4.78, 5) is 12.5. The van der Waals surface area contributed by atoms with Crippen LogP contribution >= 0.6 is 0 Å². The van der Waals surface area contributed by atoms with Crippen molar-refractivity contribution in [2.24, 2.45) is 11.7 Å². The number of carbonyl (C=O) groups excluding carboxylic acids is 1. The molecule has 0 aromatic heterocycles. The van der Waals surface area contributed by atoms with E-state index in [0.29, 0.717) is 29.6 Å². The molecule has 0 saturated heterocycles. The number of nitriles is 1. The van der Waals surface area contributed by atoms with Crippen molar-refractivity contribution in [1.29, 1.82) is 5.26 Å². The molecule has 1 heterocycles. The zero-order valence-corrected chi connectivity index (χ0v) is 23.7. The Hall–Kier alpha value is -4.44. The Kier molecular flexibility index (Phi) is 8.69. The van der Waals surface area contributed by atoms with Gasteiger partial charge in [-0.05, 0) is 59.2 Å². The van der Waals surface area contributed by atoms with Crippen LogP contribution in [0.3, 0.4) is 0 Å². The average Bonchev–Trinajstić information content (AvgIpc) is 2.91. The lowest BCUT2D eigenvalue weighted by atomic mass is 9.83. The zero-order chi connectivity index (χ0) is 28.9. The van der Waals surface area contributed by atoms with Gasteiger partial charge in [0.15, 0.2) is 6.61 Å². The van der Waals surface area contributed by atoms with Gasteiger partial charge in [-0.25, -0.2) is 4.79 Å². The number of benzene rings is 3. The van der Waals surface area contributed by atoms with Crippen molar-refractivity contribution in [2.45, 2.75) is 52.4 Å². The summed E-state index contributed by atoms with van der Waals surface area (Å²) >= 11 is 0. The third-order valence-electron chi connectivity index (χ3n) is 6.65. The largest absolute Gasteiger partial charge is 0.494 e. The highest BCUT2D eigenvalue weighted by Crippen LogP contribution is 2.44. The first-order chi connectivity index (χ1) is 19.0. The predicted octanol–water partition coefficient (Wildman–Crippen LogP) is 6.61. The van der Waals surface area contributed by atoms with E-state index in [1.807, 2.05) is 48.5 Å². The molecule has 1 aliphatic rings. The van der Waals surface area contributed by atoms with Crippen molar-refractivity contribution in [3.05, 3.63) is 94.9 Å². The van der Waals surface area contributed by atoms with E-state index < -0.39 is 11.9 Å². The molecule has 3 aromatic carbocycles. The first-order valence-electron chi connectivity index (χ1n) is 13.4. The van der Waals surface area contributed by atoms with Gasteiger partial charge in [-0.2, -0.15) is 5.26 Å². The molecule has 1 aliphatic heterocycles. The number of allylic oxidation sites excluding steroid dienone is 1. The van der Waals surface area contributed by atoms with Crippen LogP contribution in [0.4, 0.5) is 0 Å². The van der Waals surface area contributed by atoms with Gasteiger partial charge in [-0.3, -0.25) is 0 Å². The fraction of sp³-hybridized carbons (Fsp3) is 0.333. The molecule has 40 heavy (non-hydrogen) atoms. The van der Waals surface area contributed by atoms with Gasteiger partial charge in [-0.15, -0.1) is 0 Å². The quantitative estimate of drug-likeness (QED) is 0.240. The van der Waals surface area contributed by atoms with Crippen LogP contribution in [0.15, 0.2) is 78.2 Å². The van der Waals surface area contributed by atoms with Crippen LogP contribution in [0, 0.1) is 17.2 Å². The highest BCUT2D eigenvalue weighted by molar-refractivity contribution is 5.74. The van der Waals surface area contributed by atoms with Crippen molar-refractivity contribution in [2.75, 3.05) is 13.2 Å². The number of nitrogens with two attached hydrogens (primary N) is 1. The molecule has 0 saturated carbocycles. The number of fused-ring (bicyclic) bond motifs is 1. The van der Waals surface area contributed by atoms with Gasteiger partial charge in [0.1, 0.15) is 34.6 Å². The Morgan fingerprint density at radius 1 is 1.00 bits per heavy atom. The predicted molar refractivity (Wildman–Crippen MR) is 153 cm³/mol. The Labute approximate surface area is 236 Å². The van der Waals surface area contributed by atoms with Crippen molar-refractivity contribution in [1.82, 2.24) is 0 Å². The summed E-state index contributed by atoms with van der Waals surface area (Å²) in [5.41, 5.74) is 9.26. The van der Waals surface area contributed by atoms with E-state index in [2.05, 4.69) is 40.7 Å². The van der Waals surface area contributed by atoms with E-state index in [0.717, 1.165) is 23.3 Å². The Balaban J connectivity index is 1.48. The third-order valence-corrected chi connectivity index (χ3v) is 6.65. The summed E-state index contributed by atoms with van der Waals surface area (Å²) in [5.74, 6) is 1.54. The van der Waals surface area contributed by atoms with Crippen molar-refractivity contribution in [3.8, 4) is 29.1 Å². The van der Waals surface area contributed by atoms with Gasteiger partial charge >= 0.3 is 5.97 Å². The van der Waals surface area contributed by atoms with Crippen molar-refractivity contribution < 1.29 is 23.7 Å². The van der Waals surface area contributed by atoms with E-state index >= 15 is 0 Å².